The van der Waals surface area contributed by atoms with Crippen LogP contribution in [0, 0.1) is 0 Å². The van der Waals surface area contributed by atoms with Gasteiger partial charge in [0, 0.05) is 0 Å². The number of likely N-dealkylation sites (N-methyl/N-ethyl adjacent to an activating group) is 1. The molecule has 0 fully saturated rings. The van der Waals surface area contributed by atoms with E-state index in [1.807, 2.05) is 29.2 Å². The minimum Gasteiger partial charge on any atom is -0.351 e. The smallest absolute Gasteiger partial charge is 0.318 e. The Kier molecular flexibility index (Phi) is 4.31. The van der Waals surface area contributed by atoms with Gasteiger partial charge in [0.2, 0.25) is 5.91 Å². The molecule has 3 amide bonds. The monoisotopic (exact) mass is 292 g/mol. The number of benzene rings is 1. The van der Waals surface area contributed by atoms with Gasteiger partial charge < -0.3 is 5.73 Å². The molecule has 3 N–H and O–H groups in total. The van der Waals surface area contributed by atoms with Crippen molar-refractivity contribution in [2.75, 3.05) is 7.05 Å². The highest BCUT2D eigenvalue weighted by molar-refractivity contribution is 7.18. The standard InChI is InChI=1S/C13H16N4O2S/c1-8(12(18)16-13(14)19)17(2)7-11-15-9-5-3-4-6-10(9)20-11/h3-6,8H,7H2,1-2H3,(H3,14,16,18,19)/t8-/m1/s1. The predicted octanol–water partition coefficient (Wildman–Crippen LogP) is 1.31. The van der Waals surface area contributed by atoms with Crippen molar-refractivity contribution < 1.29 is 9.59 Å². The van der Waals surface area contributed by atoms with Crippen LogP contribution in [0.3, 0.4) is 0 Å². The summed E-state index contributed by atoms with van der Waals surface area (Å²) >= 11 is 1.59. The van der Waals surface area contributed by atoms with E-state index in [0.717, 1.165) is 15.2 Å². The van der Waals surface area contributed by atoms with Gasteiger partial charge in [-0.25, -0.2) is 9.78 Å². The van der Waals surface area contributed by atoms with Crippen molar-refractivity contribution in [3.63, 3.8) is 0 Å². The number of hydrogen-bond acceptors (Lipinski definition) is 5. The average molecular weight is 292 g/mol. The number of nitrogens with zero attached hydrogens (tertiary/aromatic N) is 2. The van der Waals surface area contributed by atoms with E-state index in [0.29, 0.717) is 6.54 Å². The average Bonchev–Trinajstić information content (AvgIpc) is 2.78. The number of rotatable bonds is 4. The number of urea groups is 1. The van der Waals surface area contributed by atoms with Gasteiger partial charge in [-0.3, -0.25) is 15.0 Å². The van der Waals surface area contributed by atoms with E-state index in [1.165, 1.54) is 0 Å². The second kappa shape index (κ2) is 5.98. The molecule has 106 valence electrons. The Balaban J connectivity index is 2.05. The van der Waals surface area contributed by atoms with Crippen LogP contribution >= 0.6 is 11.3 Å². The lowest BCUT2D eigenvalue weighted by Gasteiger charge is -2.21. The number of imide groups is 1. The summed E-state index contributed by atoms with van der Waals surface area (Å²) in [7, 11) is 1.80. The van der Waals surface area contributed by atoms with E-state index in [9.17, 15) is 9.59 Å². The maximum Gasteiger partial charge on any atom is 0.318 e. The topological polar surface area (TPSA) is 88.3 Å². The van der Waals surface area contributed by atoms with Gasteiger partial charge in [0.05, 0.1) is 22.8 Å². The number of nitrogens with one attached hydrogen (secondary N) is 1. The predicted molar refractivity (Wildman–Crippen MR) is 78.3 cm³/mol. The van der Waals surface area contributed by atoms with Gasteiger partial charge in [0.15, 0.2) is 0 Å². The van der Waals surface area contributed by atoms with E-state index in [-0.39, 0.29) is 0 Å². The molecular weight excluding hydrogens is 276 g/mol. The van der Waals surface area contributed by atoms with Crippen LogP contribution in [-0.4, -0.2) is 34.9 Å². The Bertz CT molecular complexity index is 607. The zero-order valence-electron chi connectivity index (χ0n) is 11.3. The van der Waals surface area contributed by atoms with Crippen LogP contribution in [0.2, 0.25) is 0 Å². The Morgan fingerprint density at radius 1 is 1.45 bits per heavy atom. The van der Waals surface area contributed by atoms with E-state index >= 15 is 0 Å². The molecule has 20 heavy (non-hydrogen) atoms. The Labute approximate surface area is 120 Å². The molecule has 6 nitrogen and oxygen atoms in total. The maximum atomic E-state index is 11.7. The third-order valence-electron chi connectivity index (χ3n) is 3.01. The molecule has 0 aliphatic heterocycles. The van der Waals surface area contributed by atoms with Gasteiger partial charge in [-0.15, -0.1) is 11.3 Å². The lowest BCUT2D eigenvalue weighted by atomic mass is 10.3. The van der Waals surface area contributed by atoms with Crippen LogP contribution < -0.4 is 11.1 Å². The number of fused-ring (bicyclic) bond motifs is 1. The molecule has 0 radical (unpaired) electrons. The summed E-state index contributed by atoms with van der Waals surface area (Å²) in [6.07, 6.45) is 0. The summed E-state index contributed by atoms with van der Waals surface area (Å²) in [6, 6.07) is 6.58. The van der Waals surface area contributed by atoms with E-state index < -0.39 is 18.0 Å². The maximum absolute atomic E-state index is 11.7. The quantitative estimate of drug-likeness (QED) is 0.889. The van der Waals surface area contributed by atoms with Crippen molar-refractivity contribution in [1.82, 2.24) is 15.2 Å². The second-order valence-corrected chi connectivity index (χ2v) is 5.64. The summed E-state index contributed by atoms with van der Waals surface area (Å²) < 4.78 is 1.12. The fourth-order valence-corrected chi connectivity index (χ4v) is 2.79. The van der Waals surface area contributed by atoms with Crippen LogP contribution in [0.5, 0.6) is 0 Å². The van der Waals surface area contributed by atoms with Crippen LogP contribution in [0.25, 0.3) is 10.2 Å². The fourth-order valence-electron chi connectivity index (χ4n) is 1.76. The Hall–Kier alpha value is -1.99. The van der Waals surface area contributed by atoms with Crippen LogP contribution in [0.1, 0.15) is 11.9 Å². The van der Waals surface area contributed by atoms with Gasteiger partial charge in [-0.05, 0) is 26.1 Å². The Morgan fingerprint density at radius 3 is 2.80 bits per heavy atom. The minimum absolute atomic E-state index is 0.416. The highest BCUT2D eigenvalue weighted by Crippen LogP contribution is 2.22. The van der Waals surface area contributed by atoms with E-state index in [4.69, 9.17) is 5.73 Å². The molecule has 1 aromatic carbocycles. The van der Waals surface area contributed by atoms with Crippen molar-refractivity contribution in [1.29, 1.82) is 0 Å². The van der Waals surface area contributed by atoms with Gasteiger partial charge in [-0.2, -0.15) is 0 Å². The molecule has 0 saturated heterocycles. The van der Waals surface area contributed by atoms with Gasteiger partial charge in [-0.1, -0.05) is 12.1 Å². The lowest BCUT2D eigenvalue weighted by Crippen LogP contribution is -2.46. The molecule has 1 aromatic heterocycles. The normalized spacial score (nSPS) is 12.6. The van der Waals surface area contributed by atoms with Crippen LogP contribution in [0.4, 0.5) is 4.79 Å². The number of aromatic nitrogens is 1. The molecule has 7 heteroatoms. The summed E-state index contributed by atoms with van der Waals surface area (Å²) in [5, 5.41) is 3.00. The molecule has 0 saturated carbocycles. The largest absolute Gasteiger partial charge is 0.351 e. The van der Waals surface area contributed by atoms with Gasteiger partial charge in [0.1, 0.15) is 5.01 Å². The minimum atomic E-state index is -0.838. The number of hydrogen-bond donors (Lipinski definition) is 2. The van der Waals surface area contributed by atoms with Crippen molar-refractivity contribution in [3.8, 4) is 0 Å². The SMILES string of the molecule is C[C@H](C(=O)NC(N)=O)N(C)Cc1nc2ccccc2s1. The number of amides is 3. The lowest BCUT2D eigenvalue weighted by molar-refractivity contribution is -0.124. The molecular formula is C13H16N4O2S. The molecule has 0 aliphatic rings. The zero-order valence-corrected chi connectivity index (χ0v) is 12.1. The highest BCUT2D eigenvalue weighted by Gasteiger charge is 2.20. The summed E-state index contributed by atoms with van der Waals surface area (Å²) in [5.41, 5.74) is 5.89. The number of primary amides is 1. The highest BCUT2D eigenvalue weighted by atomic mass is 32.1. The zero-order chi connectivity index (χ0) is 14.7. The number of nitrogens with two attached hydrogens (primary N) is 1. The van der Waals surface area contributed by atoms with Gasteiger partial charge >= 0.3 is 6.03 Å². The molecule has 1 atom stereocenters. The summed E-state index contributed by atoms with van der Waals surface area (Å²) in [5.74, 6) is -0.416. The first kappa shape index (κ1) is 14.4. The Morgan fingerprint density at radius 2 is 2.15 bits per heavy atom. The number of carbonyl (C=O) groups is 2. The molecule has 0 bridgehead atoms. The molecule has 0 unspecified atom stereocenters. The van der Waals surface area contributed by atoms with Gasteiger partial charge in [0.25, 0.3) is 0 Å². The van der Waals surface area contributed by atoms with E-state index in [2.05, 4.69) is 10.3 Å². The van der Waals surface area contributed by atoms with Crippen molar-refractivity contribution in [2.24, 2.45) is 5.73 Å². The molecule has 0 spiro atoms. The van der Waals surface area contributed by atoms with Crippen molar-refractivity contribution in [2.45, 2.75) is 19.5 Å². The van der Waals surface area contributed by atoms with E-state index in [1.54, 1.807) is 25.3 Å². The number of thiazole rings is 1. The summed E-state index contributed by atoms with van der Waals surface area (Å²) in [4.78, 5) is 28.7. The molecule has 0 aliphatic carbocycles. The second-order valence-electron chi connectivity index (χ2n) is 4.52. The molecule has 1 heterocycles. The summed E-state index contributed by atoms with van der Waals surface area (Å²) in [6.45, 7) is 2.25. The number of para-hydroxylation sites is 1. The van der Waals surface area contributed by atoms with Crippen molar-refractivity contribution >= 4 is 33.5 Å². The van der Waals surface area contributed by atoms with Crippen LogP contribution in [0.15, 0.2) is 24.3 Å². The first-order chi connectivity index (χ1) is 9.47. The third-order valence-corrected chi connectivity index (χ3v) is 4.03. The molecule has 2 rings (SSSR count). The van der Waals surface area contributed by atoms with Crippen LogP contribution in [-0.2, 0) is 11.3 Å². The molecule has 2 aromatic rings. The number of carbonyl (C=O) groups excluding carboxylic acids is 2. The first-order valence-corrected chi connectivity index (χ1v) is 6.94. The first-order valence-electron chi connectivity index (χ1n) is 6.12. The fraction of sp³-hybridized carbons (Fsp3) is 0.308. The van der Waals surface area contributed by atoms with Crippen molar-refractivity contribution in [3.05, 3.63) is 29.3 Å². The third kappa shape index (κ3) is 3.31.